The fraction of sp³-hybridized carbons (Fsp3) is 0.118. The van der Waals surface area contributed by atoms with Gasteiger partial charge in [-0.15, -0.1) is 0 Å². The Balaban J connectivity index is 1.91. The first-order valence-corrected chi connectivity index (χ1v) is 7.42. The normalized spacial score (nSPS) is 17.6. The number of hydrogen-bond donors (Lipinski definition) is 1. The summed E-state index contributed by atoms with van der Waals surface area (Å²) in [4.78, 5) is 15.5. The van der Waals surface area contributed by atoms with Crippen molar-refractivity contribution >= 4 is 32.6 Å². The molecular weight excluding hydrogens is 314 g/mol. The van der Waals surface area contributed by atoms with Gasteiger partial charge >= 0.3 is 0 Å². The topological polar surface area (TPSA) is 32.9 Å². The van der Waals surface area contributed by atoms with Crippen LogP contribution in [0.2, 0.25) is 0 Å². The van der Waals surface area contributed by atoms with Crippen LogP contribution in [0.4, 0.5) is 0 Å². The SMILES string of the molecule is O=C1CC(c2c[nH]c3cc(Br)ccc23)c2ccccc21. The van der Waals surface area contributed by atoms with Crippen molar-refractivity contribution in [2.75, 3.05) is 0 Å². The molecule has 1 aliphatic carbocycles. The summed E-state index contributed by atoms with van der Waals surface area (Å²) in [6.07, 6.45) is 2.61. The molecule has 1 aliphatic rings. The summed E-state index contributed by atoms with van der Waals surface area (Å²) in [5, 5.41) is 1.20. The van der Waals surface area contributed by atoms with E-state index in [0.29, 0.717) is 6.42 Å². The Morgan fingerprint density at radius 2 is 1.95 bits per heavy atom. The number of Topliss-reactive ketones (excluding diaryl/α,β-unsaturated/α-hetero) is 1. The number of ketones is 1. The Bertz CT molecular complexity index is 834. The molecule has 3 aromatic rings. The molecule has 0 spiro atoms. The smallest absolute Gasteiger partial charge is 0.164 e. The molecule has 4 rings (SSSR count). The maximum absolute atomic E-state index is 12.1. The number of fused-ring (bicyclic) bond motifs is 2. The van der Waals surface area contributed by atoms with Crippen LogP contribution >= 0.6 is 15.9 Å². The standard InChI is InChI=1S/C17H12BrNO/c18-10-5-6-12-15(9-19-16(12)7-10)14-8-17(20)13-4-2-1-3-11(13)14/h1-7,9,14,19H,8H2. The number of nitrogens with one attached hydrogen (secondary N) is 1. The number of rotatable bonds is 1. The number of halogens is 1. The lowest BCUT2D eigenvalue weighted by Crippen LogP contribution is -1.95. The summed E-state index contributed by atoms with van der Waals surface area (Å²) in [7, 11) is 0. The van der Waals surface area contributed by atoms with Gasteiger partial charge in [0.2, 0.25) is 0 Å². The van der Waals surface area contributed by atoms with E-state index in [1.165, 1.54) is 10.9 Å². The van der Waals surface area contributed by atoms with E-state index in [-0.39, 0.29) is 11.7 Å². The maximum atomic E-state index is 12.1. The average Bonchev–Trinajstić information content (AvgIpc) is 3.00. The second-order valence-electron chi connectivity index (χ2n) is 5.20. The molecule has 0 saturated heterocycles. The molecule has 0 radical (unpaired) electrons. The van der Waals surface area contributed by atoms with Gasteiger partial charge in [-0.25, -0.2) is 0 Å². The Morgan fingerprint density at radius 3 is 2.85 bits per heavy atom. The van der Waals surface area contributed by atoms with Gasteiger partial charge in [-0.3, -0.25) is 4.79 Å². The highest BCUT2D eigenvalue weighted by molar-refractivity contribution is 9.10. The molecule has 1 N–H and O–H groups in total. The van der Waals surface area contributed by atoms with Crippen LogP contribution in [0.5, 0.6) is 0 Å². The fourth-order valence-corrected chi connectivity index (χ4v) is 3.51. The van der Waals surface area contributed by atoms with Crippen molar-refractivity contribution in [1.29, 1.82) is 0 Å². The minimum absolute atomic E-state index is 0.175. The number of aromatic nitrogens is 1. The first kappa shape index (κ1) is 11.9. The monoisotopic (exact) mass is 325 g/mol. The first-order chi connectivity index (χ1) is 9.74. The zero-order chi connectivity index (χ0) is 13.7. The van der Waals surface area contributed by atoms with Crippen LogP contribution in [0.25, 0.3) is 10.9 Å². The predicted octanol–water partition coefficient (Wildman–Crippen LogP) is 4.65. The lowest BCUT2D eigenvalue weighted by atomic mass is 9.93. The van der Waals surface area contributed by atoms with E-state index < -0.39 is 0 Å². The van der Waals surface area contributed by atoms with Gasteiger partial charge in [0.15, 0.2) is 5.78 Å². The van der Waals surface area contributed by atoms with E-state index in [2.05, 4.69) is 39.1 Å². The third-order valence-corrected chi connectivity index (χ3v) is 4.57. The summed E-state index contributed by atoms with van der Waals surface area (Å²) in [5.41, 5.74) is 4.35. The van der Waals surface area contributed by atoms with Crippen LogP contribution in [-0.4, -0.2) is 10.8 Å². The Kier molecular flexibility index (Phi) is 2.57. The van der Waals surface area contributed by atoms with Crippen molar-refractivity contribution in [3.05, 3.63) is 69.8 Å². The lowest BCUT2D eigenvalue weighted by molar-refractivity contribution is 0.0991. The summed E-state index contributed by atoms with van der Waals surface area (Å²) in [5.74, 6) is 0.422. The van der Waals surface area contributed by atoms with Crippen molar-refractivity contribution in [1.82, 2.24) is 4.98 Å². The summed E-state index contributed by atoms with van der Waals surface area (Å²) < 4.78 is 1.06. The van der Waals surface area contributed by atoms with Gasteiger partial charge in [0.1, 0.15) is 0 Å². The molecule has 0 fully saturated rings. The minimum Gasteiger partial charge on any atom is -0.361 e. The highest BCUT2D eigenvalue weighted by atomic mass is 79.9. The lowest BCUT2D eigenvalue weighted by Gasteiger charge is -2.09. The number of H-pyrrole nitrogens is 1. The average molecular weight is 326 g/mol. The van der Waals surface area contributed by atoms with Crippen LogP contribution in [0, 0.1) is 0 Å². The van der Waals surface area contributed by atoms with Gasteiger partial charge in [-0.1, -0.05) is 46.3 Å². The largest absolute Gasteiger partial charge is 0.361 e. The number of hydrogen-bond acceptors (Lipinski definition) is 1. The van der Waals surface area contributed by atoms with Gasteiger partial charge in [-0.2, -0.15) is 0 Å². The van der Waals surface area contributed by atoms with Crippen molar-refractivity contribution in [3.63, 3.8) is 0 Å². The van der Waals surface area contributed by atoms with E-state index in [1.54, 1.807) is 0 Å². The van der Waals surface area contributed by atoms with Crippen molar-refractivity contribution in [2.45, 2.75) is 12.3 Å². The molecule has 2 nitrogen and oxygen atoms in total. The molecule has 0 amide bonds. The second-order valence-corrected chi connectivity index (χ2v) is 6.12. The third kappa shape index (κ3) is 1.66. The maximum Gasteiger partial charge on any atom is 0.164 e. The molecular formula is C17H12BrNO. The minimum atomic E-state index is 0.175. The van der Waals surface area contributed by atoms with Gasteiger partial charge in [0.25, 0.3) is 0 Å². The molecule has 0 saturated carbocycles. The quantitative estimate of drug-likeness (QED) is 0.694. The highest BCUT2D eigenvalue weighted by Gasteiger charge is 2.31. The molecule has 0 bridgehead atoms. The molecule has 1 unspecified atom stereocenters. The van der Waals surface area contributed by atoms with Gasteiger partial charge in [-0.05, 0) is 23.3 Å². The fourth-order valence-electron chi connectivity index (χ4n) is 3.15. The van der Waals surface area contributed by atoms with Crippen molar-refractivity contribution < 1.29 is 4.79 Å². The van der Waals surface area contributed by atoms with E-state index in [4.69, 9.17) is 0 Å². The van der Waals surface area contributed by atoms with Crippen LogP contribution in [-0.2, 0) is 0 Å². The summed E-state index contributed by atoms with van der Waals surface area (Å²) >= 11 is 3.49. The highest BCUT2D eigenvalue weighted by Crippen LogP contribution is 2.40. The van der Waals surface area contributed by atoms with Crippen LogP contribution in [0.15, 0.2) is 53.1 Å². The van der Waals surface area contributed by atoms with E-state index >= 15 is 0 Å². The van der Waals surface area contributed by atoms with E-state index in [9.17, 15) is 4.79 Å². The van der Waals surface area contributed by atoms with Crippen molar-refractivity contribution in [2.24, 2.45) is 0 Å². The number of carbonyl (C=O) groups is 1. The number of aromatic amines is 1. The van der Waals surface area contributed by atoms with Gasteiger partial charge in [0.05, 0.1) is 0 Å². The molecule has 20 heavy (non-hydrogen) atoms. The Morgan fingerprint density at radius 1 is 1.10 bits per heavy atom. The van der Waals surface area contributed by atoms with E-state index in [1.807, 2.05) is 30.5 Å². The van der Waals surface area contributed by atoms with E-state index in [0.717, 1.165) is 21.1 Å². The molecule has 98 valence electrons. The zero-order valence-electron chi connectivity index (χ0n) is 10.7. The third-order valence-electron chi connectivity index (χ3n) is 4.08. The van der Waals surface area contributed by atoms with Crippen molar-refractivity contribution in [3.8, 4) is 0 Å². The molecule has 1 heterocycles. The van der Waals surface area contributed by atoms with Gasteiger partial charge in [0, 0.05) is 39.5 Å². The molecule has 2 aromatic carbocycles. The Hall–Kier alpha value is -1.87. The molecule has 0 aliphatic heterocycles. The van der Waals surface area contributed by atoms with Gasteiger partial charge < -0.3 is 4.98 Å². The number of carbonyl (C=O) groups excluding carboxylic acids is 1. The number of benzene rings is 2. The van der Waals surface area contributed by atoms with Crippen LogP contribution in [0.1, 0.15) is 33.8 Å². The second kappa shape index (κ2) is 4.32. The summed E-state index contributed by atoms with van der Waals surface area (Å²) in [6, 6.07) is 14.2. The molecule has 3 heteroatoms. The molecule has 1 atom stereocenters. The molecule has 1 aromatic heterocycles. The van der Waals surface area contributed by atoms with Crippen LogP contribution in [0.3, 0.4) is 0 Å². The zero-order valence-corrected chi connectivity index (χ0v) is 12.3. The van der Waals surface area contributed by atoms with Crippen LogP contribution < -0.4 is 0 Å². The first-order valence-electron chi connectivity index (χ1n) is 6.62. The summed E-state index contributed by atoms with van der Waals surface area (Å²) in [6.45, 7) is 0. The predicted molar refractivity (Wildman–Crippen MR) is 83.2 cm³/mol. The Labute approximate surface area is 124 Å².